The van der Waals surface area contributed by atoms with Gasteiger partial charge in [-0.15, -0.1) is 0 Å². The molecule has 1 saturated carbocycles. The average Bonchev–Trinajstić information content (AvgIpc) is 3.38. The van der Waals surface area contributed by atoms with Crippen molar-refractivity contribution in [2.45, 2.75) is 44.1 Å². The molecule has 1 unspecified atom stereocenters. The molecular weight excluding hydrogens is 346 g/mol. The van der Waals surface area contributed by atoms with Crippen molar-refractivity contribution in [3.05, 3.63) is 30.1 Å². The number of carbonyl (C=O) groups excluding carboxylic acids is 3. The van der Waals surface area contributed by atoms with Crippen molar-refractivity contribution in [1.29, 1.82) is 0 Å². The van der Waals surface area contributed by atoms with Crippen molar-refractivity contribution >= 4 is 40.0 Å². The summed E-state index contributed by atoms with van der Waals surface area (Å²) in [4.78, 5) is 34.9. The molecule has 0 bridgehead atoms. The Kier molecular flexibility index (Phi) is 3.63. The van der Waals surface area contributed by atoms with E-state index in [0.29, 0.717) is 30.2 Å². The van der Waals surface area contributed by atoms with Gasteiger partial charge in [0.2, 0.25) is 11.8 Å². The zero-order chi connectivity index (χ0) is 18.5. The lowest BCUT2D eigenvalue weighted by molar-refractivity contribution is -0.134. The molecule has 1 aliphatic heterocycles. The van der Waals surface area contributed by atoms with Crippen molar-refractivity contribution in [3.8, 4) is 0 Å². The van der Waals surface area contributed by atoms with Crippen molar-refractivity contribution in [2.75, 3.05) is 0 Å². The molecule has 1 saturated heterocycles. The fourth-order valence-electron chi connectivity index (χ4n) is 4.58. The number of aromatic nitrogens is 2. The second kappa shape index (κ2) is 6.04. The first-order chi connectivity index (χ1) is 13.2. The SMILES string of the molecule is O=C[C@@H]1CC[C@H](n2ccc3c4c(C5CCC(=O)NC5=O)noc4ccc32)C1. The predicted octanol–water partition coefficient (Wildman–Crippen LogP) is 2.84. The van der Waals surface area contributed by atoms with Crippen LogP contribution >= 0.6 is 0 Å². The number of carbonyl (C=O) groups is 3. The Morgan fingerprint density at radius 3 is 2.85 bits per heavy atom. The Balaban J connectivity index is 1.61. The van der Waals surface area contributed by atoms with Gasteiger partial charge in [0.1, 0.15) is 12.0 Å². The molecule has 3 atom stereocenters. The van der Waals surface area contributed by atoms with Gasteiger partial charge in [0, 0.05) is 35.5 Å². The summed E-state index contributed by atoms with van der Waals surface area (Å²) in [5.74, 6) is -0.913. The molecule has 7 nitrogen and oxygen atoms in total. The number of aldehydes is 1. The van der Waals surface area contributed by atoms with Crippen molar-refractivity contribution in [3.63, 3.8) is 0 Å². The maximum absolute atomic E-state index is 12.3. The Bertz CT molecular complexity index is 1080. The molecule has 0 radical (unpaired) electrons. The van der Waals surface area contributed by atoms with Crippen LogP contribution in [0.15, 0.2) is 28.9 Å². The smallest absolute Gasteiger partial charge is 0.235 e. The molecule has 27 heavy (non-hydrogen) atoms. The maximum atomic E-state index is 12.3. The summed E-state index contributed by atoms with van der Waals surface area (Å²) in [6.45, 7) is 0. The number of hydrogen-bond donors (Lipinski definition) is 1. The number of amides is 2. The molecule has 2 amide bonds. The minimum absolute atomic E-state index is 0.130. The first-order valence-electron chi connectivity index (χ1n) is 9.33. The van der Waals surface area contributed by atoms with Crippen LogP contribution in [-0.2, 0) is 14.4 Å². The van der Waals surface area contributed by atoms with Gasteiger partial charge in [0.15, 0.2) is 5.58 Å². The number of piperidine rings is 1. The van der Waals surface area contributed by atoms with Gasteiger partial charge in [-0.2, -0.15) is 0 Å². The van der Waals surface area contributed by atoms with E-state index in [2.05, 4.69) is 15.0 Å². The monoisotopic (exact) mass is 365 g/mol. The van der Waals surface area contributed by atoms with Gasteiger partial charge in [-0.1, -0.05) is 5.16 Å². The largest absolute Gasteiger partial charge is 0.356 e. The number of fused-ring (bicyclic) bond motifs is 3. The van der Waals surface area contributed by atoms with Crippen LogP contribution in [0.25, 0.3) is 21.9 Å². The highest BCUT2D eigenvalue weighted by atomic mass is 16.5. The summed E-state index contributed by atoms with van der Waals surface area (Å²) in [6, 6.07) is 6.21. The van der Waals surface area contributed by atoms with E-state index in [4.69, 9.17) is 4.52 Å². The standard InChI is InChI=1S/C20H19N3O4/c24-10-11-1-2-12(9-11)23-8-7-13-15(23)4-5-16-18(13)19(22-27-16)14-3-6-17(25)21-20(14)26/h4-5,7-8,10-12,14H,1-3,6,9H2,(H,21,25,26)/t11-,12+,14?/m1/s1. The average molecular weight is 365 g/mol. The molecule has 5 rings (SSSR count). The zero-order valence-electron chi connectivity index (χ0n) is 14.7. The number of benzene rings is 1. The van der Waals surface area contributed by atoms with Crippen LogP contribution in [0.3, 0.4) is 0 Å². The highest BCUT2D eigenvalue weighted by Gasteiger charge is 2.33. The van der Waals surface area contributed by atoms with E-state index in [9.17, 15) is 14.4 Å². The van der Waals surface area contributed by atoms with Crippen molar-refractivity contribution in [1.82, 2.24) is 15.0 Å². The Labute approximate surface area is 154 Å². The highest BCUT2D eigenvalue weighted by Crippen LogP contribution is 2.39. The van der Waals surface area contributed by atoms with Crippen LogP contribution in [0.1, 0.15) is 49.8 Å². The highest BCUT2D eigenvalue weighted by molar-refractivity contribution is 6.09. The third kappa shape index (κ3) is 2.49. The molecule has 2 fully saturated rings. The van der Waals surface area contributed by atoms with Crippen molar-refractivity contribution in [2.24, 2.45) is 5.92 Å². The van der Waals surface area contributed by atoms with E-state index in [-0.39, 0.29) is 17.7 Å². The first-order valence-corrected chi connectivity index (χ1v) is 9.33. The number of nitrogens with one attached hydrogen (secondary N) is 1. The summed E-state index contributed by atoms with van der Waals surface area (Å²) in [5, 5.41) is 8.40. The fraction of sp³-hybridized carbons (Fsp3) is 0.400. The summed E-state index contributed by atoms with van der Waals surface area (Å²) in [7, 11) is 0. The fourth-order valence-corrected chi connectivity index (χ4v) is 4.58. The number of imide groups is 1. The minimum atomic E-state index is -0.483. The Morgan fingerprint density at radius 2 is 2.07 bits per heavy atom. The van der Waals surface area contributed by atoms with Gasteiger partial charge in [-0.05, 0) is 43.9 Å². The zero-order valence-corrected chi connectivity index (χ0v) is 14.7. The van der Waals surface area contributed by atoms with Crippen LogP contribution < -0.4 is 5.32 Å². The molecule has 1 N–H and O–H groups in total. The van der Waals surface area contributed by atoms with Crippen molar-refractivity contribution < 1.29 is 18.9 Å². The molecule has 2 aliphatic rings. The van der Waals surface area contributed by atoms with E-state index < -0.39 is 5.92 Å². The third-order valence-electron chi connectivity index (χ3n) is 5.96. The van der Waals surface area contributed by atoms with E-state index in [1.54, 1.807) is 0 Å². The first kappa shape index (κ1) is 16.2. The maximum Gasteiger partial charge on any atom is 0.235 e. The topological polar surface area (TPSA) is 94.2 Å². The van der Waals surface area contributed by atoms with Crippen LogP contribution in [-0.4, -0.2) is 27.8 Å². The van der Waals surface area contributed by atoms with Gasteiger partial charge in [0.05, 0.1) is 11.3 Å². The summed E-state index contributed by atoms with van der Waals surface area (Å²) in [5.41, 5.74) is 2.28. The summed E-state index contributed by atoms with van der Waals surface area (Å²) in [6.07, 6.45) is 6.60. The van der Waals surface area contributed by atoms with E-state index in [0.717, 1.165) is 41.8 Å². The second-order valence-corrected chi connectivity index (χ2v) is 7.53. The number of hydrogen-bond acceptors (Lipinski definition) is 5. The van der Waals surface area contributed by atoms with Crippen LogP contribution in [0.2, 0.25) is 0 Å². The molecule has 2 aromatic heterocycles. The number of nitrogens with zero attached hydrogens (tertiary/aromatic N) is 2. The van der Waals surface area contributed by atoms with E-state index in [1.807, 2.05) is 24.4 Å². The predicted molar refractivity (Wildman–Crippen MR) is 97.1 cm³/mol. The Hall–Kier alpha value is -2.96. The quantitative estimate of drug-likeness (QED) is 0.569. The lowest BCUT2D eigenvalue weighted by Crippen LogP contribution is -2.39. The molecule has 7 heteroatoms. The number of rotatable bonds is 3. The molecule has 3 aromatic rings. The molecular formula is C20H19N3O4. The Morgan fingerprint density at radius 1 is 1.19 bits per heavy atom. The molecule has 0 spiro atoms. The van der Waals surface area contributed by atoms with Gasteiger partial charge < -0.3 is 13.9 Å². The van der Waals surface area contributed by atoms with Crippen LogP contribution in [0, 0.1) is 5.92 Å². The molecule has 138 valence electrons. The van der Waals surface area contributed by atoms with Gasteiger partial charge >= 0.3 is 0 Å². The van der Waals surface area contributed by atoms with Gasteiger partial charge in [0.25, 0.3) is 0 Å². The summed E-state index contributed by atoms with van der Waals surface area (Å²) < 4.78 is 7.71. The van der Waals surface area contributed by atoms with Crippen LogP contribution in [0.4, 0.5) is 0 Å². The van der Waals surface area contributed by atoms with Crippen LogP contribution in [0.5, 0.6) is 0 Å². The second-order valence-electron chi connectivity index (χ2n) is 7.53. The van der Waals surface area contributed by atoms with Gasteiger partial charge in [-0.3, -0.25) is 14.9 Å². The lowest BCUT2D eigenvalue weighted by atomic mass is 9.92. The molecule has 1 aromatic carbocycles. The van der Waals surface area contributed by atoms with E-state index in [1.165, 1.54) is 0 Å². The third-order valence-corrected chi connectivity index (χ3v) is 5.96. The molecule has 1 aliphatic carbocycles. The molecule has 3 heterocycles. The van der Waals surface area contributed by atoms with Gasteiger partial charge in [-0.25, -0.2) is 0 Å². The minimum Gasteiger partial charge on any atom is -0.356 e. The normalized spacial score (nSPS) is 26.0. The lowest BCUT2D eigenvalue weighted by Gasteiger charge is -2.19. The van der Waals surface area contributed by atoms with E-state index >= 15 is 0 Å². The summed E-state index contributed by atoms with van der Waals surface area (Å²) >= 11 is 0.